The number of rotatable bonds is 2. The number of hydrogen-bond acceptors (Lipinski definition) is 2. The Morgan fingerprint density at radius 1 is 1.24 bits per heavy atom. The number of aliphatic hydroxyl groups is 1. The summed E-state index contributed by atoms with van der Waals surface area (Å²) in [5.74, 6) is 0. The molecular weight excluding hydrogens is 235 g/mol. The van der Waals surface area contributed by atoms with Crippen molar-refractivity contribution in [3.63, 3.8) is 0 Å². The maximum absolute atomic E-state index is 12.3. The normalized spacial score (nSPS) is 18.7. The van der Waals surface area contributed by atoms with Gasteiger partial charge in [-0.3, -0.25) is 4.79 Å². The van der Waals surface area contributed by atoms with Gasteiger partial charge in [-0.25, -0.2) is 0 Å². The van der Waals surface area contributed by atoms with Crippen LogP contribution in [0.5, 0.6) is 0 Å². The minimum atomic E-state index is -4.38. The predicted molar refractivity (Wildman–Crippen MR) is 53.0 cm³/mol. The van der Waals surface area contributed by atoms with Crippen LogP contribution in [0.1, 0.15) is 11.1 Å². The molecule has 2 rings (SSSR count). The molecule has 92 valence electrons. The third-order valence-electron chi connectivity index (χ3n) is 2.83. The van der Waals surface area contributed by atoms with E-state index in [-0.39, 0.29) is 13.1 Å². The molecule has 1 aliphatic heterocycles. The molecule has 0 atom stereocenters. The quantitative estimate of drug-likeness (QED) is 0.799. The van der Waals surface area contributed by atoms with Gasteiger partial charge in [0.15, 0.2) is 0 Å². The van der Waals surface area contributed by atoms with Crippen molar-refractivity contribution >= 4 is 6.41 Å². The van der Waals surface area contributed by atoms with Crippen molar-refractivity contribution in [1.29, 1.82) is 0 Å². The number of benzene rings is 1. The molecule has 3 nitrogen and oxygen atoms in total. The van der Waals surface area contributed by atoms with E-state index in [9.17, 15) is 23.1 Å². The highest BCUT2D eigenvalue weighted by Crippen LogP contribution is 2.34. The second-order valence-electron chi connectivity index (χ2n) is 4.12. The standard InChI is InChI=1S/C11H10F3NO2/c12-11(13,14)9-3-1-8(2-4-9)10(17)5-15(6-10)7-16/h1-4,7,17H,5-6H2. The van der Waals surface area contributed by atoms with Gasteiger partial charge in [0.25, 0.3) is 0 Å². The number of amides is 1. The van der Waals surface area contributed by atoms with E-state index in [1.165, 1.54) is 17.0 Å². The lowest BCUT2D eigenvalue weighted by atomic mass is 9.86. The first-order valence-electron chi connectivity index (χ1n) is 4.95. The molecule has 0 bridgehead atoms. The maximum atomic E-state index is 12.3. The fourth-order valence-electron chi connectivity index (χ4n) is 1.85. The van der Waals surface area contributed by atoms with E-state index < -0.39 is 17.3 Å². The number of hydrogen-bond donors (Lipinski definition) is 1. The van der Waals surface area contributed by atoms with Crippen LogP contribution in [0.4, 0.5) is 13.2 Å². The zero-order valence-corrected chi connectivity index (χ0v) is 8.74. The summed E-state index contributed by atoms with van der Waals surface area (Å²) in [5.41, 5.74) is -1.58. The molecule has 1 aromatic carbocycles. The van der Waals surface area contributed by atoms with Crippen molar-refractivity contribution in [2.45, 2.75) is 11.8 Å². The van der Waals surface area contributed by atoms with E-state index in [1.807, 2.05) is 0 Å². The van der Waals surface area contributed by atoms with Crippen LogP contribution in [-0.4, -0.2) is 29.5 Å². The van der Waals surface area contributed by atoms with Gasteiger partial charge in [-0.2, -0.15) is 13.2 Å². The van der Waals surface area contributed by atoms with Crippen molar-refractivity contribution in [2.75, 3.05) is 13.1 Å². The fraction of sp³-hybridized carbons (Fsp3) is 0.364. The van der Waals surface area contributed by atoms with E-state index in [1.54, 1.807) is 0 Å². The minimum Gasteiger partial charge on any atom is -0.381 e. The number of carbonyl (C=O) groups is 1. The number of carbonyl (C=O) groups excluding carboxylic acids is 1. The van der Waals surface area contributed by atoms with Crippen LogP contribution in [-0.2, 0) is 16.6 Å². The lowest BCUT2D eigenvalue weighted by molar-refractivity contribution is -0.144. The molecule has 0 spiro atoms. The van der Waals surface area contributed by atoms with Gasteiger partial charge in [0, 0.05) is 0 Å². The first-order chi connectivity index (χ1) is 7.85. The molecule has 0 radical (unpaired) electrons. The molecule has 1 aliphatic rings. The van der Waals surface area contributed by atoms with Crippen LogP contribution < -0.4 is 0 Å². The van der Waals surface area contributed by atoms with Gasteiger partial charge in [0.1, 0.15) is 5.60 Å². The summed E-state index contributed by atoms with van der Waals surface area (Å²) in [6.45, 7) is 0.226. The minimum absolute atomic E-state index is 0.113. The zero-order chi connectivity index (χ0) is 12.7. The summed E-state index contributed by atoms with van der Waals surface area (Å²) >= 11 is 0. The molecule has 1 fully saturated rings. The number of halogens is 3. The first-order valence-corrected chi connectivity index (χ1v) is 4.95. The Kier molecular flexibility index (Phi) is 2.61. The van der Waals surface area contributed by atoms with Gasteiger partial charge >= 0.3 is 6.18 Å². The summed E-state index contributed by atoms with van der Waals surface area (Å²) in [6, 6.07) is 4.34. The molecule has 17 heavy (non-hydrogen) atoms. The van der Waals surface area contributed by atoms with Crippen LogP contribution >= 0.6 is 0 Å². The second-order valence-corrected chi connectivity index (χ2v) is 4.12. The van der Waals surface area contributed by atoms with Crippen LogP contribution in [0.3, 0.4) is 0 Å². The third kappa shape index (κ3) is 2.12. The molecule has 0 aromatic heterocycles. The Bertz CT molecular complexity index is 421. The topological polar surface area (TPSA) is 40.5 Å². The Labute approximate surface area is 95.5 Å². The van der Waals surface area contributed by atoms with Crippen molar-refractivity contribution in [2.24, 2.45) is 0 Å². The summed E-state index contributed by atoms with van der Waals surface area (Å²) < 4.78 is 36.9. The van der Waals surface area contributed by atoms with Crippen LogP contribution in [0.15, 0.2) is 24.3 Å². The van der Waals surface area contributed by atoms with E-state index in [2.05, 4.69) is 0 Å². The Hall–Kier alpha value is -1.56. The summed E-state index contributed by atoms with van der Waals surface area (Å²) in [6.07, 6.45) is -3.78. The summed E-state index contributed by atoms with van der Waals surface area (Å²) in [5, 5.41) is 9.99. The zero-order valence-electron chi connectivity index (χ0n) is 8.74. The Morgan fingerprint density at radius 3 is 2.18 bits per heavy atom. The molecule has 1 saturated heterocycles. The average molecular weight is 245 g/mol. The Balaban J connectivity index is 2.17. The van der Waals surface area contributed by atoms with E-state index in [0.717, 1.165) is 12.1 Å². The smallest absolute Gasteiger partial charge is 0.381 e. The van der Waals surface area contributed by atoms with Gasteiger partial charge in [-0.1, -0.05) is 12.1 Å². The fourth-order valence-corrected chi connectivity index (χ4v) is 1.85. The lowest BCUT2D eigenvalue weighted by Gasteiger charge is -2.44. The van der Waals surface area contributed by atoms with Crippen molar-refractivity contribution in [3.8, 4) is 0 Å². The predicted octanol–water partition coefficient (Wildman–Crippen LogP) is 1.36. The summed E-state index contributed by atoms with van der Waals surface area (Å²) in [4.78, 5) is 11.7. The maximum Gasteiger partial charge on any atom is 0.416 e. The van der Waals surface area contributed by atoms with Gasteiger partial charge in [0.05, 0.1) is 18.7 Å². The first kappa shape index (κ1) is 11.9. The van der Waals surface area contributed by atoms with Crippen LogP contribution in [0.25, 0.3) is 0 Å². The number of β-amino-alcohol motifs (C(OH)–C–C–N with tert-alkyl or cyclic N) is 1. The SMILES string of the molecule is O=CN1CC(O)(c2ccc(C(F)(F)F)cc2)C1. The Morgan fingerprint density at radius 2 is 1.76 bits per heavy atom. The lowest BCUT2D eigenvalue weighted by Crippen LogP contribution is -2.58. The molecule has 0 aliphatic carbocycles. The van der Waals surface area contributed by atoms with Crippen LogP contribution in [0, 0.1) is 0 Å². The molecular formula is C11H10F3NO2. The van der Waals surface area contributed by atoms with E-state index >= 15 is 0 Å². The highest BCUT2D eigenvalue weighted by Gasteiger charge is 2.42. The van der Waals surface area contributed by atoms with Crippen molar-refractivity contribution in [3.05, 3.63) is 35.4 Å². The van der Waals surface area contributed by atoms with Gasteiger partial charge in [0.2, 0.25) is 6.41 Å². The third-order valence-corrected chi connectivity index (χ3v) is 2.83. The van der Waals surface area contributed by atoms with Crippen molar-refractivity contribution < 1.29 is 23.1 Å². The highest BCUT2D eigenvalue weighted by molar-refractivity contribution is 5.51. The number of alkyl halides is 3. The average Bonchev–Trinajstić information content (AvgIpc) is 2.23. The molecule has 1 amide bonds. The molecule has 0 saturated carbocycles. The largest absolute Gasteiger partial charge is 0.416 e. The molecule has 0 unspecified atom stereocenters. The highest BCUT2D eigenvalue weighted by atomic mass is 19.4. The number of likely N-dealkylation sites (tertiary alicyclic amines) is 1. The molecule has 1 N–H and O–H groups in total. The summed E-state index contributed by atoms with van der Waals surface area (Å²) in [7, 11) is 0. The van der Waals surface area contributed by atoms with Crippen molar-refractivity contribution in [1.82, 2.24) is 4.90 Å². The molecule has 1 aromatic rings. The van der Waals surface area contributed by atoms with Crippen LogP contribution in [0.2, 0.25) is 0 Å². The van der Waals surface area contributed by atoms with Gasteiger partial charge in [-0.15, -0.1) is 0 Å². The van der Waals surface area contributed by atoms with E-state index in [0.29, 0.717) is 12.0 Å². The second kappa shape index (κ2) is 3.73. The molecule has 1 heterocycles. The van der Waals surface area contributed by atoms with Gasteiger partial charge in [-0.05, 0) is 17.7 Å². The van der Waals surface area contributed by atoms with Gasteiger partial charge < -0.3 is 10.0 Å². The molecule has 6 heteroatoms. The monoisotopic (exact) mass is 245 g/mol. The van der Waals surface area contributed by atoms with E-state index in [4.69, 9.17) is 0 Å². The number of nitrogens with zero attached hydrogens (tertiary/aromatic N) is 1.